The number of anilines is 1. The Kier molecular flexibility index (Phi) is 4.16. The smallest absolute Gasteiger partial charge is 0.273 e. The van der Waals surface area contributed by atoms with Gasteiger partial charge in [0, 0.05) is 31.1 Å². The molecule has 0 bridgehead atoms. The second-order valence-corrected chi connectivity index (χ2v) is 5.21. The summed E-state index contributed by atoms with van der Waals surface area (Å²) in [4.78, 5) is 16.2. The fraction of sp³-hybridized carbons (Fsp3) is 0.417. The zero-order valence-electron chi connectivity index (χ0n) is 11.0. The van der Waals surface area contributed by atoms with Gasteiger partial charge in [-0.2, -0.15) is 5.10 Å². The topological polar surface area (TPSA) is 85.8 Å². The third kappa shape index (κ3) is 3.31. The molecule has 0 spiro atoms. The molecule has 2 rings (SSSR count). The number of rotatable bonds is 5. The van der Waals surface area contributed by atoms with Crippen molar-refractivity contribution in [1.29, 1.82) is 0 Å². The van der Waals surface area contributed by atoms with Crippen molar-refractivity contribution in [3.8, 4) is 0 Å². The first-order valence-corrected chi connectivity index (χ1v) is 7.00. The van der Waals surface area contributed by atoms with E-state index < -0.39 is 0 Å². The highest BCUT2D eigenvalue weighted by Gasteiger charge is 2.13. The lowest BCUT2D eigenvalue weighted by atomic mass is 10.3. The van der Waals surface area contributed by atoms with Crippen molar-refractivity contribution in [2.75, 3.05) is 12.3 Å². The molecular formula is C12H17N5OS. The van der Waals surface area contributed by atoms with Crippen molar-refractivity contribution in [1.82, 2.24) is 20.1 Å². The van der Waals surface area contributed by atoms with Gasteiger partial charge >= 0.3 is 0 Å². The van der Waals surface area contributed by atoms with Crippen LogP contribution in [0.4, 0.5) is 5.69 Å². The van der Waals surface area contributed by atoms with Crippen LogP contribution in [0.15, 0.2) is 11.6 Å². The number of thiazole rings is 1. The molecule has 0 saturated carbocycles. The molecule has 3 N–H and O–H groups in total. The average Bonchev–Trinajstić information content (AvgIpc) is 2.95. The molecule has 6 nitrogen and oxygen atoms in total. The summed E-state index contributed by atoms with van der Waals surface area (Å²) in [5.74, 6) is -0.239. The van der Waals surface area contributed by atoms with E-state index in [1.54, 1.807) is 22.2 Å². The number of nitrogens with one attached hydrogen (secondary N) is 1. The molecule has 2 heterocycles. The number of nitrogen functional groups attached to an aromatic ring is 1. The number of hydrogen-bond acceptors (Lipinski definition) is 5. The van der Waals surface area contributed by atoms with E-state index in [0.717, 1.165) is 10.7 Å². The third-order valence-electron chi connectivity index (χ3n) is 2.66. The summed E-state index contributed by atoms with van der Waals surface area (Å²) >= 11 is 1.61. The molecule has 0 unspecified atom stereocenters. The summed E-state index contributed by atoms with van der Waals surface area (Å²) in [6.45, 7) is 5.12. The minimum Gasteiger partial charge on any atom is -0.396 e. The van der Waals surface area contributed by atoms with Gasteiger partial charge in [-0.25, -0.2) is 4.98 Å². The quantitative estimate of drug-likeness (QED) is 0.861. The summed E-state index contributed by atoms with van der Waals surface area (Å²) in [5, 5.41) is 9.96. The van der Waals surface area contributed by atoms with E-state index in [9.17, 15) is 4.79 Å². The van der Waals surface area contributed by atoms with Gasteiger partial charge < -0.3 is 11.1 Å². The van der Waals surface area contributed by atoms with E-state index in [-0.39, 0.29) is 11.6 Å². The predicted molar refractivity (Wildman–Crippen MR) is 75.2 cm³/mol. The zero-order valence-corrected chi connectivity index (χ0v) is 11.8. The third-order valence-corrected chi connectivity index (χ3v) is 3.48. The van der Waals surface area contributed by atoms with Gasteiger partial charge in [0.1, 0.15) is 0 Å². The van der Waals surface area contributed by atoms with Crippen molar-refractivity contribution in [3.63, 3.8) is 0 Å². The number of hydrogen-bond donors (Lipinski definition) is 2. The molecule has 0 aromatic carbocycles. The molecule has 0 aliphatic heterocycles. The SMILES string of the molecule is CCn1cc(N)c(C(=O)NCCc2csc(C)n2)n1. The van der Waals surface area contributed by atoms with Crippen LogP contribution in [0.3, 0.4) is 0 Å². The molecule has 2 aromatic rings. The lowest BCUT2D eigenvalue weighted by molar-refractivity contribution is 0.0949. The van der Waals surface area contributed by atoms with Crippen molar-refractivity contribution < 1.29 is 4.79 Å². The Hall–Kier alpha value is -1.89. The fourth-order valence-electron chi connectivity index (χ4n) is 1.69. The first-order valence-electron chi connectivity index (χ1n) is 6.12. The highest BCUT2D eigenvalue weighted by Crippen LogP contribution is 2.10. The van der Waals surface area contributed by atoms with Crippen LogP contribution in [-0.2, 0) is 13.0 Å². The number of nitrogens with two attached hydrogens (primary N) is 1. The maximum absolute atomic E-state index is 11.9. The van der Waals surface area contributed by atoms with Crippen molar-refractivity contribution in [2.45, 2.75) is 26.8 Å². The lowest BCUT2D eigenvalue weighted by Crippen LogP contribution is -2.27. The molecule has 0 aliphatic rings. The van der Waals surface area contributed by atoms with Gasteiger partial charge in [-0.15, -0.1) is 11.3 Å². The Labute approximate surface area is 115 Å². The van der Waals surface area contributed by atoms with Crippen molar-refractivity contribution in [3.05, 3.63) is 28.0 Å². The number of aryl methyl sites for hydroxylation is 2. The molecule has 0 radical (unpaired) electrons. The van der Waals surface area contributed by atoms with E-state index in [1.807, 2.05) is 19.2 Å². The van der Waals surface area contributed by atoms with E-state index in [0.29, 0.717) is 25.2 Å². The van der Waals surface area contributed by atoms with Crippen LogP contribution in [0.25, 0.3) is 0 Å². The van der Waals surface area contributed by atoms with Gasteiger partial charge in [0.25, 0.3) is 5.91 Å². The van der Waals surface area contributed by atoms with Crippen LogP contribution in [-0.4, -0.2) is 27.2 Å². The fourth-order valence-corrected chi connectivity index (χ4v) is 2.33. The standard InChI is InChI=1S/C12H17N5OS/c1-3-17-6-10(13)11(16-17)12(18)14-5-4-9-7-19-8(2)15-9/h6-7H,3-5,13H2,1-2H3,(H,14,18). The first-order chi connectivity index (χ1) is 9.10. The van der Waals surface area contributed by atoms with Crippen LogP contribution in [0.2, 0.25) is 0 Å². The number of carbonyl (C=O) groups excluding carboxylic acids is 1. The van der Waals surface area contributed by atoms with E-state index in [1.165, 1.54) is 0 Å². The summed E-state index contributed by atoms with van der Waals surface area (Å²) in [7, 11) is 0. The Morgan fingerprint density at radius 2 is 2.37 bits per heavy atom. The van der Waals surface area contributed by atoms with Crippen molar-refractivity contribution in [2.24, 2.45) is 0 Å². The summed E-state index contributed by atoms with van der Waals surface area (Å²) in [6, 6.07) is 0. The van der Waals surface area contributed by atoms with Gasteiger partial charge in [0.2, 0.25) is 0 Å². The van der Waals surface area contributed by atoms with Gasteiger partial charge in [-0.05, 0) is 13.8 Å². The molecule has 0 saturated heterocycles. The molecule has 7 heteroatoms. The molecule has 19 heavy (non-hydrogen) atoms. The van der Waals surface area contributed by atoms with E-state index in [2.05, 4.69) is 15.4 Å². The minimum atomic E-state index is -0.239. The van der Waals surface area contributed by atoms with E-state index >= 15 is 0 Å². The molecule has 0 atom stereocenters. The largest absolute Gasteiger partial charge is 0.396 e. The predicted octanol–water partition coefficient (Wildman–Crippen LogP) is 1.22. The Morgan fingerprint density at radius 3 is 2.95 bits per heavy atom. The van der Waals surface area contributed by atoms with Crippen LogP contribution >= 0.6 is 11.3 Å². The number of amides is 1. The summed E-state index contributed by atoms with van der Waals surface area (Å²) in [5.41, 5.74) is 7.44. The maximum atomic E-state index is 11.9. The second-order valence-electron chi connectivity index (χ2n) is 4.15. The molecular weight excluding hydrogens is 262 g/mol. The van der Waals surface area contributed by atoms with Crippen LogP contribution in [0, 0.1) is 6.92 Å². The molecule has 102 valence electrons. The molecule has 0 fully saturated rings. The number of carbonyl (C=O) groups is 1. The monoisotopic (exact) mass is 279 g/mol. The minimum absolute atomic E-state index is 0.239. The highest BCUT2D eigenvalue weighted by atomic mass is 32.1. The zero-order chi connectivity index (χ0) is 13.8. The Balaban J connectivity index is 1.88. The van der Waals surface area contributed by atoms with Crippen LogP contribution in [0.5, 0.6) is 0 Å². The van der Waals surface area contributed by atoms with Crippen molar-refractivity contribution >= 4 is 22.9 Å². The summed E-state index contributed by atoms with van der Waals surface area (Å²) < 4.78 is 1.65. The average molecular weight is 279 g/mol. The Morgan fingerprint density at radius 1 is 1.58 bits per heavy atom. The first kappa shape index (κ1) is 13.5. The summed E-state index contributed by atoms with van der Waals surface area (Å²) in [6.07, 6.45) is 2.38. The van der Waals surface area contributed by atoms with Gasteiger partial charge in [0.05, 0.1) is 16.4 Å². The highest BCUT2D eigenvalue weighted by molar-refractivity contribution is 7.09. The molecule has 1 amide bonds. The number of aromatic nitrogens is 3. The second kappa shape index (κ2) is 5.83. The van der Waals surface area contributed by atoms with Gasteiger partial charge in [-0.3, -0.25) is 9.48 Å². The lowest BCUT2D eigenvalue weighted by Gasteiger charge is -2.02. The molecule has 2 aromatic heterocycles. The van der Waals surface area contributed by atoms with Crippen LogP contribution < -0.4 is 11.1 Å². The number of nitrogens with zero attached hydrogens (tertiary/aromatic N) is 3. The van der Waals surface area contributed by atoms with Crippen LogP contribution in [0.1, 0.15) is 28.1 Å². The normalized spacial score (nSPS) is 10.6. The van der Waals surface area contributed by atoms with Gasteiger partial charge in [-0.1, -0.05) is 0 Å². The molecule has 0 aliphatic carbocycles. The Bertz CT molecular complexity index is 574. The van der Waals surface area contributed by atoms with Gasteiger partial charge in [0.15, 0.2) is 5.69 Å². The van der Waals surface area contributed by atoms with E-state index in [4.69, 9.17) is 5.73 Å². The maximum Gasteiger partial charge on any atom is 0.273 e.